The van der Waals surface area contributed by atoms with Crippen LogP contribution in [0, 0.1) is 5.92 Å². The van der Waals surface area contributed by atoms with Gasteiger partial charge in [0.05, 0.1) is 10.5 Å². The van der Waals surface area contributed by atoms with E-state index in [9.17, 15) is 18.0 Å². The molecule has 0 aliphatic carbocycles. The minimum Gasteiger partial charge on any atom is -0.352 e. The van der Waals surface area contributed by atoms with Crippen LogP contribution in [0.2, 0.25) is 0 Å². The molecule has 1 saturated heterocycles. The zero-order chi connectivity index (χ0) is 24.0. The van der Waals surface area contributed by atoms with Gasteiger partial charge in [0, 0.05) is 43.1 Å². The predicted molar refractivity (Wildman–Crippen MR) is 131 cm³/mol. The zero-order valence-electron chi connectivity index (χ0n) is 19.9. The van der Waals surface area contributed by atoms with Gasteiger partial charge in [-0.15, -0.1) is 0 Å². The summed E-state index contributed by atoms with van der Waals surface area (Å²) in [6, 6.07) is 5.84. The summed E-state index contributed by atoms with van der Waals surface area (Å²) in [6.07, 6.45) is 3.75. The molecule has 0 spiro atoms. The maximum atomic E-state index is 13.3. The van der Waals surface area contributed by atoms with Crippen LogP contribution in [0.5, 0.6) is 0 Å². The number of carbonyl (C=O) groups is 1. The molecular formula is C24H36N4O4S. The summed E-state index contributed by atoms with van der Waals surface area (Å²) in [5, 5.41) is 3.35. The molecule has 1 atom stereocenters. The Bertz CT molecular complexity index is 1120. The lowest BCUT2D eigenvalue weighted by atomic mass is 10.1. The molecule has 1 aromatic heterocycles. The normalized spacial score (nSPS) is 16.6. The van der Waals surface area contributed by atoms with Crippen LogP contribution in [0.1, 0.15) is 56.8 Å². The Labute approximate surface area is 196 Å². The molecule has 0 saturated carbocycles. The van der Waals surface area contributed by atoms with E-state index in [2.05, 4.69) is 36.0 Å². The summed E-state index contributed by atoms with van der Waals surface area (Å²) in [5.74, 6) is -0.136. The van der Waals surface area contributed by atoms with Gasteiger partial charge in [0.1, 0.15) is 0 Å². The maximum Gasteiger partial charge on any atom is 0.252 e. The first kappa shape index (κ1) is 25.4. The highest BCUT2D eigenvalue weighted by atomic mass is 32.2. The fourth-order valence-electron chi connectivity index (χ4n) is 4.36. The number of nitrogens with zero attached hydrogens (tertiary/aromatic N) is 2. The molecule has 8 nitrogen and oxygen atoms in total. The summed E-state index contributed by atoms with van der Waals surface area (Å²) >= 11 is 0. The van der Waals surface area contributed by atoms with Gasteiger partial charge in [-0.05, 0) is 50.0 Å². The van der Waals surface area contributed by atoms with Gasteiger partial charge >= 0.3 is 0 Å². The number of pyridine rings is 1. The van der Waals surface area contributed by atoms with Crippen molar-refractivity contribution in [3.63, 3.8) is 0 Å². The minimum atomic E-state index is -3.67. The van der Waals surface area contributed by atoms with Crippen molar-refractivity contribution in [2.24, 2.45) is 5.92 Å². The monoisotopic (exact) mass is 476 g/mol. The van der Waals surface area contributed by atoms with Crippen molar-refractivity contribution < 1.29 is 13.2 Å². The SMILES string of the molecule is CCN(CC)C[C@H](C)CNC(=O)c1cc(=O)[nH]c2ccc(S(=O)(=O)N3CCCCCC3)cc12. The zero-order valence-corrected chi connectivity index (χ0v) is 20.7. The van der Waals surface area contributed by atoms with E-state index in [0.717, 1.165) is 45.3 Å². The highest BCUT2D eigenvalue weighted by molar-refractivity contribution is 7.89. The Kier molecular flexibility index (Phi) is 8.67. The van der Waals surface area contributed by atoms with E-state index in [1.54, 1.807) is 6.07 Å². The lowest BCUT2D eigenvalue weighted by molar-refractivity contribution is 0.0946. The average molecular weight is 477 g/mol. The number of aromatic nitrogens is 1. The Morgan fingerprint density at radius 2 is 1.79 bits per heavy atom. The Hall–Kier alpha value is -2.23. The first-order chi connectivity index (χ1) is 15.8. The van der Waals surface area contributed by atoms with Crippen LogP contribution in [0.4, 0.5) is 0 Å². The number of hydrogen-bond donors (Lipinski definition) is 2. The highest BCUT2D eigenvalue weighted by Crippen LogP contribution is 2.25. The molecule has 9 heteroatoms. The van der Waals surface area contributed by atoms with Crippen molar-refractivity contribution in [2.45, 2.75) is 51.3 Å². The first-order valence-electron chi connectivity index (χ1n) is 11.9. The lowest BCUT2D eigenvalue weighted by Gasteiger charge is -2.23. The Balaban J connectivity index is 1.87. The second kappa shape index (κ2) is 11.3. The molecule has 3 rings (SSSR count). The number of amides is 1. The molecule has 182 valence electrons. The number of fused-ring (bicyclic) bond motifs is 1. The van der Waals surface area contributed by atoms with E-state index in [-0.39, 0.29) is 22.3 Å². The van der Waals surface area contributed by atoms with Gasteiger partial charge in [0.15, 0.2) is 0 Å². The number of aromatic amines is 1. The second-order valence-corrected chi connectivity index (χ2v) is 10.8. The quantitative estimate of drug-likeness (QED) is 0.579. The molecule has 1 aliphatic heterocycles. The third-order valence-electron chi connectivity index (χ3n) is 6.34. The van der Waals surface area contributed by atoms with Gasteiger partial charge in [-0.3, -0.25) is 9.59 Å². The number of carbonyl (C=O) groups excluding carboxylic acids is 1. The second-order valence-electron chi connectivity index (χ2n) is 8.87. The molecular weight excluding hydrogens is 440 g/mol. The number of benzene rings is 1. The van der Waals surface area contributed by atoms with Gasteiger partial charge < -0.3 is 15.2 Å². The minimum absolute atomic E-state index is 0.146. The number of H-pyrrole nitrogens is 1. The third-order valence-corrected chi connectivity index (χ3v) is 8.23. The van der Waals surface area contributed by atoms with Crippen molar-refractivity contribution in [1.29, 1.82) is 0 Å². The number of hydrogen-bond acceptors (Lipinski definition) is 5. The van der Waals surface area contributed by atoms with E-state index in [0.29, 0.717) is 30.5 Å². The van der Waals surface area contributed by atoms with Crippen molar-refractivity contribution in [2.75, 3.05) is 39.3 Å². The molecule has 0 radical (unpaired) electrons. The molecule has 1 amide bonds. The van der Waals surface area contributed by atoms with E-state index < -0.39 is 15.6 Å². The van der Waals surface area contributed by atoms with Crippen molar-refractivity contribution in [3.05, 3.63) is 40.2 Å². The Morgan fingerprint density at radius 3 is 2.42 bits per heavy atom. The van der Waals surface area contributed by atoms with Crippen molar-refractivity contribution >= 4 is 26.8 Å². The Morgan fingerprint density at radius 1 is 1.12 bits per heavy atom. The molecule has 2 aromatic rings. The molecule has 1 aromatic carbocycles. The fraction of sp³-hybridized carbons (Fsp3) is 0.583. The molecule has 0 bridgehead atoms. The standard InChI is InChI=1S/C24H36N4O4S/c1-4-27(5-2)17-18(3)16-25-24(30)21-15-23(29)26-22-11-10-19(14-20(21)22)33(31,32)28-12-8-6-7-9-13-28/h10-11,14-15,18H,4-9,12-13,16-17H2,1-3H3,(H,25,30)(H,26,29)/t18-/m1/s1. The van der Waals surface area contributed by atoms with Crippen LogP contribution in [0.15, 0.2) is 34.0 Å². The number of sulfonamides is 1. The van der Waals surface area contributed by atoms with Crippen LogP contribution in [-0.2, 0) is 10.0 Å². The summed E-state index contributed by atoms with van der Waals surface area (Å²) in [5.41, 5.74) is 0.238. The highest BCUT2D eigenvalue weighted by Gasteiger charge is 2.26. The van der Waals surface area contributed by atoms with Gasteiger partial charge in [0.2, 0.25) is 15.6 Å². The third kappa shape index (κ3) is 6.22. The molecule has 2 N–H and O–H groups in total. The van der Waals surface area contributed by atoms with Crippen molar-refractivity contribution in [3.8, 4) is 0 Å². The fourth-order valence-corrected chi connectivity index (χ4v) is 5.91. The van der Waals surface area contributed by atoms with Crippen LogP contribution in [0.3, 0.4) is 0 Å². The molecule has 0 unspecified atom stereocenters. The first-order valence-corrected chi connectivity index (χ1v) is 13.4. The van der Waals surface area contributed by atoms with E-state index in [1.807, 2.05) is 0 Å². The smallest absolute Gasteiger partial charge is 0.252 e. The number of nitrogens with one attached hydrogen (secondary N) is 2. The summed E-state index contributed by atoms with van der Waals surface area (Å²) in [6.45, 7) is 10.5. The van der Waals surface area contributed by atoms with Gasteiger partial charge in [-0.1, -0.05) is 33.6 Å². The topological polar surface area (TPSA) is 103 Å². The van der Waals surface area contributed by atoms with E-state index in [1.165, 1.54) is 22.5 Å². The van der Waals surface area contributed by atoms with Gasteiger partial charge in [-0.25, -0.2) is 8.42 Å². The van der Waals surface area contributed by atoms with Gasteiger partial charge in [0.25, 0.3) is 5.91 Å². The molecule has 2 heterocycles. The largest absolute Gasteiger partial charge is 0.352 e. The summed E-state index contributed by atoms with van der Waals surface area (Å²) in [7, 11) is -3.67. The predicted octanol–water partition coefficient (Wildman–Crippen LogP) is 2.80. The molecule has 33 heavy (non-hydrogen) atoms. The summed E-state index contributed by atoms with van der Waals surface area (Å²) < 4.78 is 28.0. The number of rotatable bonds is 9. The summed E-state index contributed by atoms with van der Waals surface area (Å²) in [4.78, 5) is 30.3. The van der Waals surface area contributed by atoms with Gasteiger partial charge in [-0.2, -0.15) is 4.31 Å². The van der Waals surface area contributed by atoms with Crippen LogP contribution in [-0.4, -0.2) is 67.8 Å². The molecule has 1 fully saturated rings. The van der Waals surface area contributed by atoms with Crippen LogP contribution in [0.25, 0.3) is 10.9 Å². The van der Waals surface area contributed by atoms with Crippen LogP contribution < -0.4 is 10.9 Å². The van der Waals surface area contributed by atoms with E-state index >= 15 is 0 Å². The van der Waals surface area contributed by atoms with E-state index in [4.69, 9.17) is 0 Å². The average Bonchev–Trinajstić information content (AvgIpc) is 3.10. The van der Waals surface area contributed by atoms with Crippen molar-refractivity contribution in [1.82, 2.24) is 19.5 Å². The van der Waals surface area contributed by atoms with Crippen LogP contribution >= 0.6 is 0 Å². The maximum absolute atomic E-state index is 13.3. The lowest BCUT2D eigenvalue weighted by Crippen LogP contribution is -2.36. The molecule has 1 aliphatic rings.